The fourth-order valence-corrected chi connectivity index (χ4v) is 4.84. The van der Waals surface area contributed by atoms with Crippen molar-refractivity contribution in [2.75, 3.05) is 7.05 Å². The molecular weight excluding hydrogens is 382 g/mol. The highest BCUT2D eigenvalue weighted by Gasteiger charge is 2.20. The second-order valence-electron chi connectivity index (χ2n) is 6.50. The first-order chi connectivity index (χ1) is 13.1. The van der Waals surface area contributed by atoms with Crippen LogP contribution in [0.5, 0.6) is 0 Å². The molecule has 1 aromatic carbocycles. The number of aromatic nitrogens is 2. The van der Waals surface area contributed by atoms with Gasteiger partial charge < -0.3 is 10.3 Å². The van der Waals surface area contributed by atoms with Crippen LogP contribution in [0, 0.1) is 0 Å². The molecule has 1 amide bonds. The van der Waals surface area contributed by atoms with Crippen LogP contribution >= 0.6 is 22.9 Å². The number of benzene rings is 1. The first-order valence-electron chi connectivity index (χ1n) is 8.81. The Hall–Kier alpha value is -2.44. The van der Waals surface area contributed by atoms with Crippen LogP contribution in [-0.2, 0) is 12.8 Å². The van der Waals surface area contributed by atoms with E-state index in [9.17, 15) is 9.59 Å². The van der Waals surface area contributed by atoms with Gasteiger partial charge >= 0.3 is 0 Å². The van der Waals surface area contributed by atoms with Gasteiger partial charge in [-0.2, -0.15) is 0 Å². The van der Waals surface area contributed by atoms with E-state index in [1.807, 2.05) is 0 Å². The van der Waals surface area contributed by atoms with Crippen molar-refractivity contribution < 1.29 is 4.79 Å². The number of amides is 1. The normalized spacial score (nSPS) is 14.2. The van der Waals surface area contributed by atoms with Crippen molar-refractivity contribution in [2.24, 2.45) is 0 Å². The summed E-state index contributed by atoms with van der Waals surface area (Å²) in [7, 11) is 1.59. The number of fused-ring (bicyclic) bond motifs is 3. The summed E-state index contributed by atoms with van der Waals surface area (Å²) in [6, 6.07) is 7.05. The molecule has 0 saturated heterocycles. The number of H-pyrrole nitrogens is 1. The lowest BCUT2D eigenvalue weighted by molar-refractivity contribution is 0.0963. The van der Waals surface area contributed by atoms with Crippen molar-refractivity contribution in [1.82, 2.24) is 15.3 Å². The summed E-state index contributed by atoms with van der Waals surface area (Å²) in [6.07, 6.45) is 5.98. The zero-order valence-electron chi connectivity index (χ0n) is 14.8. The van der Waals surface area contributed by atoms with Crippen LogP contribution < -0.4 is 10.9 Å². The predicted molar refractivity (Wildman–Crippen MR) is 110 cm³/mol. The lowest BCUT2D eigenvalue weighted by atomic mass is 9.97. The van der Waals surface area contributed by atoms with Gasteiger partial charge in [0, 0.05) is 17.5 Å². The number of hydrogen-bond donors (Lipinski definition) is 2. The number of hydrogen-bond acceptors (Lipinski definition) is 4. The summed E-state index contributed by atoms with van der Waals surface area (Å²) in [5.41, 5.74) is 2.42. The highest BCUT2D eigenvalue weighted by molar-refractivity contribution is 7.18. The van der Waals surface area contributed by atoms with Crippen molar-refractivity contribution in [3.63, 3.8) is 0 Å². The Kier molecular flexibility index (Phi) is 4.85. The highest BCUT2D eigenvalue weighted by Crippen LogP contribution is 2.34. The molecule has 0 fully saturated rings. The largest absolute Gasteiger partial charge is 0.355 e. The van der Waals surface area contributed by atoms with Crippen LogP contribution in [0.25, 0.3) is 21.3 Å². The van der Waals surface area contributed by atoms with Crippen LogP contribution in [0.3, 0.4) is 0 Å². The molecule has 27 heavy (non-hydrogen) atoms. The standard InChI is InChI=1S/C20H18ClN3O2S/c1-22-18(25)12-8-6-11(7-9-12)10-14(21)17-23-19(26)16-13-4-2-3-5-15(13)27-20(16)24-17/h6-10H,2-5H2,1H3,(H,22,25)(H,23,24,26)/b14-10-. The molecule has 0 spiro atoms. The number of nitrogens with zero attached hydrogens (tertiary/aromatic N) is 1. The van der Waals surface area contributed by atoms with Crippen molar-refractivity contribution in [3.8, 4) is 0 Å². The number of halogens is 1. The SMILES string of the molecule is CNC(=O)c1ccc(/C=C(\Cl)c2nc3sc4c(c3c(=O)[nH]2)CCCC4)cc1. The van der Waals surface area contributed by atoms with E-state index in [1.165, 1.54) is 4.88 Å². The third-order valence-electron chi connectivity index (χ3n) is 4.74. The van der Waals surface area contributed by atoms with Crippen molar-refractivity contribution in [2.45, 2.75) is 25.7 Å². The number of rotatable bonds is 3. The quantitative estimate of drug-likeness (QED) is 0.700. The molecule has 0 saturated carbocycles. The molecule has 0 bridgehead atoms. The number of nitrogens with one attached hydrogen (secondary N) is 2. The first-order valence-corrected chi connectivity index (χ1v) is 10.0. The monoisotopic (exact) mass is 399 g/mol. The maximum absolute atomic E-state index is 12.6. The average molecular weight is 400 g/mol. The number of carbonyl (C=O) groups is 1. The highest BCUT2D eigenvalue weighted by atomic mass is 35.5. The van der Waals surface area contributed by atoms with Gasteiger partial charge in [0.2, 0.25) is 0 Å². The Balaban J connectivity index is 1.70. The Bertz CT molecular complexity index is 1110. The van der Waals surface area contributed by atoms with E-state index in [4.69, 9.17) is 11.6 Å². The molecule has 2 heterocycles. The molecule has 2 N–H and O–H groups in total. The summed E-state index contributed by atoms with van der Waals surface area (Å²) >= 11 is 8.02. The van der Waals surface area contributed by atoms with Crippen LogP contribution in [0.2, 0.25) is 0 Å². The number of carbonyl (C=O) groups excluding carboxylic acids is 1. The lowest BCUT2D eigenvalue weighted by Crippen LogP contribution is -2.17. The molecule has 0 aliphatic heterocycles. The molecule has 0 radical (unpaired) electrons. The zero-order valence-corrected chi connectivity index (χ0v) is 16.3. The minimum absolute atomic E-state index is 0.129. The average Bonchev–Trinajstić information content (AvgIpc) is 3.06. The zero-order chi connectivity index (χ0) is 19.0. The van der Waals surface area contributed by atoms with E-state index in [1.54, 1.807) is 48.7 Å². The number of aryl methyl sites for hydroxylation is 2. The van der Waals surface area contributed by atoms with Crippen molar-refractivity contribution in [3.05, 3.63) is 62.0 Å². The van der Waals surface area contributed by atoms with Gasteiger partial charge in [0.25, 0.3) is 11.5 Å². The van der Waals surface area contributed by atoms with Gasteiger partial charge in [-0.1, -0.05) is 23.7 Å². The third kappa shape index (κ3) is 3.42. The van der Waals surface area contributed by atoms with Gasteiger partial charge in [-0.05, 0) is 55.0 Å². The molecule has 0 unspecified atom stereocenters. The second-order valence-corrected chi connectivity index (χ2v) is 7.99. The summed E-state index contributed by atoms with van der Waals surface area (Å²) in [5.74, 6) is 0.220. The van der Waals surface area contributed by atoms with E-state index < -0.39 is 0 Å². The maximum Gasteiger partial charge on any atom is 0.260 e. The van der Waals surface area contributed by atoms with Gasteiger partial charge in [0.1, 0.15) is 4.83 Å². The molecule has 5 nitrogen and oxygen atoms in total. The topological polar surface area (TPSA) is 74.8 Å². The molecule has 7 heteroatoms. The van der Waals surface area contributed by atoms with Gasteiger partial charge in [-0.3, -0.25) is 9.59 Å². The van der Waals surface area contributed by atoms with E-state index in [0.29, 0.717) is 16.4 Å². The van der Waals surface area contributed by atoms with Gasteiger partial charge in [0.15, 0.2) is 5.82 Å². The Morgan fingerprint density at radius 3 is 2.74 bits per heavy atom. The second kappa shape index (κ2) is 7.29. The summed E-state index contributed by atoms with van der Waals surface area (Å²) in [6.45, 7) is 0. The van der Waals surface area contributed by atoms with E-state index in [0.717, 1.165) is 47.0 Å². The minimum Gasteiger partial charge on any atom is -0.355 e. The molecule has 4 rings (SSSR count). The predicted octanol–water partition coefficient (Wildman–Crippen LogP) is 3.96. The van der Waals surface area contributed by atoms with Gasteiger partial charge in [0.05, 0.1) is 10.4 Å². The minimum atomic E-state index is -0.144. The molecular formula is C20H18ClN3O2S. The van der Waals surface area contributed by atoms with Crippen LogP contribution in [-0.4, -0.2) is 22.9 Å². The van der Waals surface area contributed by atoms with Crippen LogP contribution in [0.15, 0.2) is 29.1 Å². The molecule has 138 valence electrons. The third-order valence-corrected chi connectivity index (χ3v) is 6.22. The fraction of sp³-hybridized carbons (Fsp3) is 0.250. The van der Waals surface area contributed by atoms with Gasteiger partial charge in [-0.25, -0.2) is 4.98 Å². The number of aromatic amines is 1. The summed E-state index contributed by atoms with van der Waals surface area (Å²) in [5, 5.41) is 3.66. The molecule has 2 aromatic heterocycles. The summed E-state index contributed by atoms with van der Waals surface area (Å²) in [4.78, 5) is 33.7. The Labute approximate surface area is 165 Å². The van der Waals surface area contributed by atoms with E-state index in [-0.39, 0.29) is 11.5 Å². The van der Waals surface area contributed by atoms with Crippen molar-refractivity contribution in [1.29, 1.82) is 0 Å². The van der Waals surface area contributed by atoms with Crippen LogP contribution in [0.4, 0.5) is 0 Å². The first kappa shape index (κ1) is 17.9. The molecule has 1 aliphatic carbocycles. The van der Waals surface area contributed by atoms with Gasteiger partial charge in [-0.15, -0.1) is 11.3 Å². The lowest BCUT2D eigenvalue weighted by Gasteiger charge is -2.09. The van der Waals surface area contributed by atoms with E-state index in [2.05, 4.69) is 15.3 Å². The van der Waals surface area contributed by atoms with Crippen LogP contribution in [0.1, 0.15) is 45.0 Å². The molecule has 3 aromatic rings. The Morgan fingerprint density at radius 2 is 2.00 bits per heavy atom. The van der Waals surface area contributed by atoms with Crippen molar-refractivity contribution >= 4 is 50.2 Å². The smallest absolute Gasteiger partial charge is 0.260 e. The Morgan fingerprint density at radius 1 is 1.26 bits per heavy atom. The molecule has 0 atom stereocenters. The number of thiophene rings is 1. The fourth-order valence-electron chi connectivity index (χ4n) is 3.37. The maximum atomic E-state index is 12.6. The molecule has 1 aliphatic rings. The van der Waals surface area contributed by atoms with E-state index >= 15 is 0 Å². The summed E-state index contributed by atoms with van der Waals surface area (Å²) < 4.78 is 0.